The third kappa shape index (κ3) is 3.35. The SMILES string of the molecule is N=C(c1ccnc(N2CCOCC2)c1)c1cc(N2CCCC2)ncc1N. The van der Waals surface area contributed by atoms with Gasteiger partial charge >= 0.3 is 0 Å². The van der Waals surface area contributed by atoms with Crippen LogP contribution in [-0.4, -0.2) is 55.1 Å². The lowest BCUT2D eigenvalue weighted by Gasteiger charge is -2.28. The van der Waals surface area contributed by atoms with Crippen molar-refractivity contribution in [3.05, 3.63) is 41.7 Å². The summed E-state index contributed by atoms with van der Waals surface area (Å²) in [6.45, 7) is 5.08. The first kappa shape index (κ1) is 16.8. The molecule has 4 heterocycles. The molecule has 0 atom stereocenters. The van der Waals surface area contributed by atoms with Crippen LogP contribution in [-0.2, 0) is 4.74 Å². The molecule has 136 valence electrons. The van der Waals surface area contributed by atoms with Gasteiger partial charge in [0.1, 0.15) is 11.6 Å². The first-order valence-electron chi connectivity index (χ1n) is 9.11. The molecule has 2 aromatic heterocycles. The topological polar surface area (TPSA) is 91.4 Å². The van der Waals surface area contributed by atoms with Crippen molar-refractivity contribution >= 4 is 23.0 Å². The number of pyridine rings is 2. The molecule has 2 aliphatic heterocycles. The second-order valence-electron chi connectivity index (χ2n) is 6.70. The minimum atomic E-state index is 0.405. The normalized spacial score (nSPS) is 17.5. The van der Waals surface area contributed by atoms with Crippen molar-refractivity contribution in [2.24, 2.45) is 0 Å². The van der Waals surface area contributed by atoms with Crippen LogP contribution < -0.4 is 15.5 Å². The Bertz CT molecular complexity index is 796. The number of hydrogen-bond acceptors (Lipinski definition) is 7. The zero-order valence-corrected chi connectivity index (χ0v) is 14.8. The van der Waals surface area contributed by atoms with Crippen LogP contribution in [0.1, 0.15) is 24.0 Å². The predicted octanol–water partition coefficient (Wildman–Crippen LogP) is 1.91. The van der Waals surface area contributed by atoms with Crippen LogP contribution in [0.5, 0.6) is 0 Å². The Morgan fingerprint density at radius 1 is 1.00 bits per heavy atom. The van der Waals surface area contributed by atoms with E-state index in [4.69, 9.17) is 15.9 Å². The first-order valence-corrected chi connectivity index (χ1v) is 9.11. The molecule has 26 heavy (non-hydrogen) atoms. The quantitative estimate of drug-likeness (QED) is 0.817. The molecule has 0 spiro atoms. The van der Waals surface area contributed by atoms with Gasteiger partial charge in [0.15, 0.2) is 0 Å². The Kier molecular flexibility index (Phi) is 4.71. The number of rotatable bonds is 4. The number of nitrogens with two attached hydrogens (primary N) is 1. The third-order valence-electron chi connectivity index (χ3n) is 4.99. The van der Waals surface area contributed by atoms with Crippen molar-refractivity contribution in [2.75, 3.05) is 54.9 Å². The lowest BCUT2D eigenvalue weighted by molar-refractivity contribution is 0.122. The van der Waals surface area contributed by atoms with E-state index < -0.39 is 0 Å². The Balaban J connectivity index is 1.62. The Morgan fingerprint density at radius 3 is 2.46 bits per heavy atom. The number of hydrogen-bond donors (Lipinski definition) is 2. The lowest BCUT2D eigenvalue weighted by Crippen LogP contribution is -2.36. The number of aromatic nitrogens is 2. The molecule has 0 aromatic carbocycles. The van der Waals surface area contributed by atoms with Gasteiger partial charge < -0.3 is 20.3 Å². The molecule has 3 N–H and O–H groups in total. The molecule has 2 aliphatic rings. The van der Waals surface area contributed by atoms with Crippen molar-refractivity contribution in [3.8, 4) is 0 Å². The number of nitrogen functional groups attached to an aromatic ring is 1. The molecule has 0 radical (unpaired) electrons. The average Bonchev–Trinajstić information content (AvgIpc) is 3.23. The molecule has 2 fully saturated rings. The zero-order valence-electron chi connectivity index (χ0n) is 14.8. The van der Waals surface area contributed by atoms with E-state index in [0.29, 0.717) is 24.6 Å². The van der Waals surface area contributed by atoms with Crippen LogP contribution in [0.3, 0.4) is 0 Å². The van der Waals surface area contributed by atoms with E-state index in [1.807, 2.05) is 18.2 Å². The maximum absolute atomic E-state index is 8.69. The molecule has 2 saturated heterocycles. The molecule has 0 amide bonds. The fourth-order valence-electron chi connectivity index (χ4n) is 3.49. The molecule has 0 bridgehead atoms. The highest BCUT2D eigenvalue weighted by atomic mass is 16.5. The van der Waals surface area contributed by atoms with Crippen LogP contribution in [0.25, 0.3) is 0 Å². The highest BCUT2D eigenvalue weighted by Crippen LogP contribution is 2.25. The molecule has 4 rings (SSSR count). The Morgan fingerprint density at radius 2 is 1.69 bits per heavy atom. The van der Waals surface area contributed by atoms with Crippen LogP contribution in [0.2, 0.25) is 0 Å². The average molecular weight is 352 g/mol. The summed E-state index contributed by atoms with van der Waals surface area (Å²) in [5, 5.41) is 8.69. The predicted molar refractivity (Wildman–Crippen MR) is 103 cm³/mol. The van der Waals surface area contributed by atoms with Gasteiger partial charge in [0.05, 0.1) is 30.8 Å². The van der Waals surface area contributed by atoms with Gasteiger partial charge in [0.2, 0.25) is 0 Å². The fourth-order valence-corrected chi connectivity index (χ4v) is 3.49. The van der Waals surface area contributed by atoms with Gasteiger partial charge in [-0.25, -0.2) is 9.97 Å². The van der Waals surface area contributed by atoms with Crippen LogP contribution in [0, 0.1) is 5.41 Å². The van der Waals surface area contributed by atoms with Gasteiger partial charge in [-0.05, 0) is 31.0 Å². The summed E-state index contributed by atoms with van der Waals surface area (Å²) >= 11 is 0. The highest BCUT2D eigenvalue weighted by molar-refractivity contribution is 6.14. The smallest absolute Gasteiger partial charge is 0.129 e. The van der Waals surface area contributed by atoms with Crippen molar-refractivity contribution in [3.63, 3.8) is 0 Å². The molecular formula is C19H24N6O. The maximum Gasteiger partial charge on any atom is 0.129 e. The van der Waals surface area contributed by atoms with Crippen molar-refractivity contribution < 1.29 is 4.74 Å². The standard InChI is InChI=1S/C19H24N6O/c20-16-13-23-18(24-5-1-2-6-24)12-15(16)19(21)14-3-4-22-17(11-14)25-7-9-26-10-8-25/h3-4,11-13,21H,1-2,5-10,20H2. The van der Waals surface area contributed by atoms with Crippen LogP contribution >= 0.6 is 0 Å². The second-order valence-corrected chi connectivity index (χ2v) is 6.70. The Labute approximate surface area is 153 Å². The largest absolute Gasteiger partial charge is 0.397 e. The van der Waals surface area contributed by atoms with Crippen molar-refractivity contribution in [2.45, 2.75) is 12.8 Å². The minimum Gasteiger partial charge on any atom is -0.397 e. The molecular weight excluding hydrogens is 328 g/mol. The molecule has 0 saturated carbocycles. The van der Waals surface area contributed by atoms with Crippen molar-refractivity contribution in [1.29, 1.82) is 5.41 Å². The van der Waals surface area contributed by atoms with Crippen molar-refractivity contribution in [1.82, 2.24) is 9.97 Å². The van der Waals surface area contributed by atoms with E-state index in [2.05, 4.69) is 19.8 Å². The number of anilines is 3. The zero-order chi connectivity index (χ0) is 17.9. The van der Waals surface area contributed by atoms with Gasteiger partial charge in [-0.2, -0.15) is 0 Å². The van der Waals surface area contributed by atoms with E-state index in [9.17, 15) is 0 Å². The van der Waals surface area contributed by atoms with E-state index in [1.165, 1.54) is 12.8 Å². The van der Waals surface area contributed by atoms with Gasteiger partial charge in [-0.3, -0.25) is 5.41 Å². The maximum atomic E-state index is 8.69. The molecule has 2 aromatic rings. The van der Waals surface area contributed by atoms with E-state index >= 15 is 0 Å². The molecule has 7 heteroatoms. The van der Waals surface area contributed by atoms with Gasteiger partial charge in [0, 0.05) is 43.5 Å². The minimum absolute atomic E-state index is 0.405. The fraction of sp³-hybridized carbons (Fsp3) is 0.421. The van der Waals surface area contributed by atoms with Gasteiger partial charge in [0.25, 0.3) is 0 Å². The summed E-state index contributed by atoms with van der Waals surface area (Å²) in [7, 11) is 0. The van der Waals surface area contributed by atoms with Gasteiger partial charge in [-0.1, -0.05) is 0 Å². The second kappa shape index (κ2) is 7.29. The van der Waals surface area contributed by atoms with Crippen LogP contribution in [0.15, 0.2) is 30.6 Å². The molecule has 0 unspecified atom stereocenters. The van der Waals surface area contributed by atoms with E-state index in [-0.39, 0.29) is 0 Å². The molecule has 7 nitrogen and oxygen atoms in total. The van der Waals surface area contributed by atoms with E-state index in [0.717, 1.165) is 48.9 Å². The van der Waals surface area contributed by atoms with Crippen LogP contribution in [0.4, 0.5) is 17.3 Å². The first-order chi connectivity index (χ1) is 12.7. The summed E-state index contributed by atoms with van der Waals surface area (Å²) in [4.78, 5) is 13.4. The summed E-state index contributed by atoms with van der Waals surface area (Å²) in [6.07, 6.45) is 5.80. The highest BCUT2D eigenvalue weighted by Gasteiger charge is 2.18. The monoisotopic (exact) mass is 352 g/mol. The third-order valence-corrected chi connectivity index (χ3v) is 4.99. The van der Waals surface area contributed by atoms with E-state index in [1.54, 1.807) is 12.4 Å². The Hall–Kier alpha value is -2.67. The summed E-state index contributed by atoms with van der Waals surface area (Å²) in [5.41, 5.74) is 8.61. The summed E-state index contributed by atoms with van der Waals surface area (Å²) < 4.78 is 5.41. The summed E-state index contributed by atoms with van der Waals surface area (Å²) in [5.74, 6) is 1.78. The molecule has 0 aliphatic carbocycles. The number of morpholine rings is 1. The number of nitrogens with zero attached hydrogens (tertiary/aromatic N) is 4. The number of ether oxygens (including phenoxy) is 1. The number of nitrogens with one attached hydrogen (secondary N) is 1. The lowest BCUT2D eigenvalue weighted by atomic mass is 10.0. The van der Waals surface area contributed by atoms with Gasteiger partial charge in [-0.15, -0.1) is 0 Å². The summed E-state index contributed by atoms with van der Waals surface area (Å²) in [6, 6.07) is 5.77.